The van der Waals surface area contributed by atoms with Crippen LogP contribution in [-0.2, 0) is 7.05 Å². The Balaban J connectivity index is 1.82. The van der Waals surface area contributed by atoms with E-state index in [1.54, 1.807) is 0 Å². The van der Waals surface area contributed by atoms with Gasteiger partial charge in [-0.1, -0.05) is 18.2 Å². The van der Waals surface area contributed by atoms with Gasteiger partial charge in [0.2, 0.25) is 0 Å². The van der Waals surface area contributed by atoms with E-state index in [1.807, 2.05) is 24.3 Å². The van der Waals surface area contributed by atoms with Crippen molar-refractivity contribution < 1.29 is 9.53 Å². The Morgan fingerprint density at radius 3 is 2.95 bits per heavy atom. The smallest absolute Gasteiger partial charge is 0.272 e. The van der Waals surface area contributed by atoms with Crippen molar-refractivity contribution in [3.8, 4) is 5.75 Å². The summed E-state index contributed by atoms with van der Waals surface area (Å²) in [6.45, 7) is 0.558. The first-order valence-corrected chi connectivity index (χ1v) is 6.72. The minimum atomic E-state index is -0.299. The number of aromatic nitrogens is 2. The Morgan fingerprint density at radius 2 is 2.14 bits per heavy atom. The number of benzene rings is 1. The molecule has 1 N–H and O–H groups in total. The number of nitrogens with one attached hydrogen (secondary N) is 1. The van der Waals surface area contributed by atoms with Crippen LogP contribution in [0, 0.1) is 0 Å². The van der Waals surface area contributed by atoms with Crippen LogP contribution in [0.3, 0.4) is 0 Å². The molecule has 0 spiro atoms. The number of carbonyl (C=O) groups excluding carboxylic acids is 1. The van der Waals surface area contributed by atoms with E-state index < -0.39 is 0 Å². The van der Waals surface area contributed by atoms with Crippen LogP contribution in [0.4, 0.5) is 0 Å². The third-order valence-electron chi connectivity index (χ3n) is 3.46. The molecule has 1 aliphatic rings. The summed E-state index contributed by atoms with van der Waals surface area (Å²) >= 11 is 0. The molecule has 1 aromatic heterocycles. The average Bonchev–Trinajstić information content (AvgIpc) is 2.50. The number of aryl methyl sites for hydroxylation is 1. The van der Waals surface area contributed by atoms with E-state index in [0.717, 1.165) is 16.0 Å². The minimum Gasteiger partial charge on any atom is -0.493 e. The van der Waals surface area contributed by atoms with Crippen molar-refractivity contribution >= 4 is 5.91 Å². The SMILES string of the molecule is Cn1nc(C(=O)N[C@H]2CCOc3ccccc32)ccc1=O. The summed E-state index contributed by atoms with van der Waals surface area (Å²) < 4.78 is 6.71. The second-order valence-electron chi connectivity index (χ2n) is 4.88. The van der Waals surface area contributed by atoms with Crippen LogP contribution in [0.1, 0.15) is 28.5 Å². The van der Waals surface area contributed by atoms with Crippen LogP contribution in [0.2, 0.25) is 0 Å². The van der Waals surface area contributed by atoms with E-state index in [9.17, 15) is 9.59 Å². The molecule has 0 radical (unpaired) electrons. The van der Waals surface area contributed by atoms with Gasteiger partial charge in [0.15, 0.2) is 0 Å². The average molecular weight is 285 g/mol. The minimum absolute atomic E-state index is 0.110. The van der Waals surface area contributed by atoms with Crippen molar-refractivity contribution in [2.24, 2.45) is 7.05 Å². The molecule has 0 saturated carbocycles. The summed E-state index contributed by atoms with van der Waals surface area (Å²) in [6, 6.07) is 10.3. The van der Waals surface area contributed by atoms with Gasteiger partial charge in [-0.2, -0.15) is 5.10 Å². The zero-order valence-corrected chi connectivity index (χ0v) is 11.6. The molecule has 1 atom stereocenters. The van der Waals surface area contributed by atoms with Gasteiger partial charge in [0.1, 0.15) is 11.4 Å². The van der Waals surface area contributed by atoms with Crippen molar-refractivity contribution in [2.75, 3.05) is 6.61 Å². The van der Waals surface area contributed by atoms with Crippen LogP contribution >= 0.6 is 0 Å². The highest BCUT2D eigenvalue weighted by Gasteiger charge is 2.23. The van der Waals surface area contributed by atoms with Gasteiger partial charge in [-0.15, -0.1) is 0 Å². The van der Waals surface area contributed by atoms with E-state index in [1.165, 1.54) is 19.2 Å². The van der Waals surface area contributed by atoms with Crippen molar-refractivity contribution in [2.45, 2.75) is 12.5 Å². The predicted octanol–water partition coefficient (Wildman–Crippen LogP) is 1.03. The number of ether oxygens (including phenoxy) is 1. The lowest BCUT2D eigenvalue weighted by Crippen LogP contribution is -2.34. The monoisotopic (exact) mass is 285 g/mol. The molecule has 0 unspecified atom stereocenters. The molecule has 0 saturated heterocycles. The second kappa shape index (κ2) is 5.40. The molecule has 0 bridgehead atoms. The maximum Gasteiger partial charge on any atom is 0.272 e. The fourth-order valence-corrected chi connectivity index (χ4v) is 2.35. The number of amides is 1. The molecule has 2 aromatic rings. The van der Waals surface area contributed by atoms with Gasteiger partial charge in [0.05, 0.1) is 12.6 Å². The fraction of sp³-hybridized carbons (Fsp3) is 0.267. The number of nitrogens with zero attached hydrogens (tertiary/aromatic N) is 2. The Morgan fingerprint density at radius 1 is 1.33 bits per heavy atom. The third kappa shape index (κ3) is 2.65. The molecule has 2 heterocycles. The standard InChI is InChI=1S/C15H15N3O3/c1-18-14(19)7-6-12(17-18)15(20)16-11-8-9-21-13-5-3-2-4-10(11)13/h2-7,11H,8-9H2,1H3,(H,16,20)/t11-/m0/s1. The molecular formula is C15H15N3O3. The first-order valence-electron chi connectivity index (χ1n) is 6.72. The Bertz CT molecular complexity index is 739. The van der Waals surface area contributed by atoms with Gasteiger partial charge >= 0.3 is 0 Å². The molecular weight excluding hydrogens is 270 g/mol. The van der Waals surface area contributed by atoms with Crippen LogP contribution < -0.4 is 15.6 Å². The normalized spacial score (nSPS) is 16.7. The van der Waals surface area contributed by atoms with Crippen LogP contribution in [0.15, 0.2) is 41.2 Å². The largest absolute Gasteiger partial charge is 0.493 e. The summed E-state index contributed by atoms with van der Waals surface area (Å²) in [5.74, 6) is 0.495. The number of rotatable bonds is 2. The number of hydrogen-bond donors (Lipinski definition) is 1. The van der Waals surface area contributed by atoms with Crippen molar-refractivity contribution in [1.82, 2.24) is 15.1 Å². The molecule has 3 rings (SSSR count). The fourth-order valence-electron chi connectivity index (χ4n) is 2.35. The highest BCUT2D eigenvalue weighted by Crippen LogP contribution is 2.31. The number of hydrogen-bond acceptors (Lipinski definition) is 4. The molecule has 6 heteroatoms. The van der Waals surface area contributed by atoms with Gasteiger partial charge in [0.25, 0.3) is 11.5 Å². The number of fused-ring (bicyclic) bond motifs is 1. The molecule has 21 heavy (non-hydrogen) atoms. The number of carbonyl (C=O) groups is 1. The Kier molecular flexibility index (Phi) is 3.43. The van der Waals surface area contributed by atoms with E-state index in [4.69, 9.17) is 4.74 Å². The van der Waals surface area contributed by atoms with Crippen molar-refractivity contribution in [1.29, 1.82) is 0 Å². The molecule has 6 nitrogen and oxygen atoms in total. The van der Waals surface area contributed by atoms with E-state index in [2.05, 4.69) is 10.4 Å². The lowest BCUT2D eigenvalue weighted by atomic mass is 10.0. The maximum absolute atomic E-state index is 12.3. The predicted molar refractivity (Wildman–Crippen MR) is 76.2 cm³/mol. The zero-order valence-electron chi connectivity index (χ0n) is 11.6. The van der Waals surface area contributed by atoms with Gasteiger partial charge < -0.3 is 10.1 Å². The summed E-state index contributed by atoms with van der Waals surface area (Å²) in [7, 11) is 1.52. The highest BCUT2D eigenvalue weighted by atomic mass is 16.5. The Labute approximate surface area is 121 Å². The first-order chi connectivity index (χ1) is 10.1. The molecule has 108 valence electrons. The van der Waals surface area contributed by atoms with Crippen molar-refractivity contribution in [3.05, 3.63) is 58.0 Å². The van der Waals surface area contributed by atoms with Gasteiger partial charge in [0, 0.05) is 25.1 Å². The first kappa shape index (κ1) is 13.4. The van der Waals surface area contributed by atoms with Crippen LogP contribution in [0.25, 0.3) is 0 Å². The van der Waals surface area contributed by atoms with Crippen molar-refractivity contribution in [3.63, 3.8) is 0 Å². The quantitative estimate of drug-likeness (QED) is 0.894. The van der Waals surface area contributed by atoms with Crippen LogP contribution in [0.5, 0.6) is 5.75 Å². The summed E-state index contributed by atoms with van der Waals surface area (Å²) in [5.41, 5.74) is 0.936. The maximum atomic E-state index is 12.3. The summed E-state index contributed by atoms with van der Waals surface area (Å²) in [6.07, 6.45) is 0.703. The molecule has 1 aromatic carbocycles. The lowest BCUT2D eigenvalue weighted by Gasteiger charge is -2.26. The summed E-state index contributed by atoms with van der Waals surface area (Å²) in [4.78, 5) is 23.6. The topological polar surface area (TPSA) is 73.2 Å². The Hall–Kier alpha value is -2.63. The zero-order chi connectivity index (χ0) is 14.8. The van der Waals surface area contributed by atoms with Gasteiger partial charge in [-0.05, 0) is 12.1 Å². The second-order valence-corrected chi connectivity index (χ2v) is 4.88. The van der Waals surface area contributed by atoms with E-state index >= 15 is 0 Å². The van der Waals surface area contributed by atoms with Gasteiger partial charge in [-0.3, -0.25) is 9.59 Å². The molecule has 0 aliphatic carbocycles. The molecule has 1 amide bonds. The highest BCUT2D eigenvalue weighted by molar-refractivity contribution is 5.92. The molecule has 0 fully saturated rings. The van der Waals surface area contributed by atoms with Crippen LogP contribution in [-0.4, -0.2) is 22.3 Å². The lowest BCUT2D eigenvalue weighted by molar-refractivity contribution is 0.0917. The van der Waals surface area contributed by atoms with E-state index in [0.29, 0.717) is 13.0 Å². The summed E-state index contributed by atoms with van der Waals surface area (Å²) in [5, 5.41) is 6.90. The third-order valence-corrected chi connectivity index (χ3v) is 3.46. The van der Waals surface area contributed by atoms with E-state index in [-0.39, 0.29) is 23.2 Å². The number of para-hydroxylation sites is 1. The van der Waals surface area contributed by atoms with Gasteiger partial charge in [-0.25, -0.2) is 4.68 Å². The molecule has 1 aliphatic heterocycles.